The van der Waals surface area contributed by atoms with E-state index < -0.39 is 8.84 Å². The number of rotatable bonds is 2. The summed E-state index contributed by atoms with van der Waals surface area (Å²) in [5, 5.41) is 0. The molecule has 2 nitrogen and oxygen atoms in total. The molecule has 3 heteroatoms. The van der Waals surface area contributed by atoms with E-state index in [1.54, 1.807) is 0 Å². The SMILES string of the molecule is CC(C)(C)[N+](C)(C)[Si](=O)[C@H]1C=Cc2ccccc21. The minimum atomic E-state index is -1.81. The first kappa shape index (κ1) is 13.4. The average Bonchev–Trinajstić information content (AvgIpc) is 2.70. The second-order valence-corrected chi connectivity index (χ2v) is 8.84. The van der Waals surface area contributed by atoms with Gasteiger partial charge in [-0.1, -0.05) is 36.4 Å². The highest BCUT2D eigenvalue weighted by Crippen LogP contribution is 2.33. The van der Waals surface area contributed by atoms with Crippen LogP contribution in [0, 0.1) is 0 Å². The molecule has 0 aliphatic heterocycles. The molecule has 0 amide bonds. The fraction of sp³-hybridized carbons (Fsp3) is 0.467. The summed E-state index contributed by atoms with van der Waals surface area (Å²) in [6.45, 7) is 6.46. The van der Waals surface area contributed by atoms with Crippen molar-refractivity contribution in [3.05, 3.63) is 41.5 Å². The third-order valence-electron chi connectivity index (χ3n) is 4.29. The molecule has 0 saturated carbocycles. The van der Waals surface area contributed by atoms with Crippen LogP contribution < -0.4 is 0 Å². The van der Waals surface area contributed by atoms with Gasteiger partial charge in [0.15, 0.2) is 0 Å². The van der Waals surface area contributed by atoms with Gasteiger partial charge in [-0.2, -0.15) is 0 Å². The van der Waals surface area contributed by atoms with Gasteiger partial charge in [-0.25, -0.2) is 0 Å². The first-order chi connectivity index (χ1) is 8.25. The second kappa shape index (κ2) is 4.25. The van der Waals surface area contributed by atoms with Crippen LogP contribution in [0.15, 0.2) is 30.3 Å². The lowest BCUT2D eigenvalue weighted by atomic mass is 10.1. The maximum atomic E-state index is 13.0. The Morgan fingerprint density at radius 3 is 2.39 bits per heavy atom. The average molecular weight is 260 g/mol. The molecule has 1 aromatic rings. The third kappa shape index (κ3) is 2.02. The van der Waals surface area contributed by atoms with E-state index in [2.05, 4.69) is 59.2 Å². The molecule has 0 fully saturated rings. The van der Waals surface area contributed by atoms with Gasteiger partial charge in [0.05, 0.1) is 19.6 Å². The zero-order valence-electron chi connectivity index (χ0n) is 11.9. The summed E-state index contributed by atoms with van der Waals surface area (Å²) < 4.78 is 13.6. The van der Waals surface area contributed by atoms with Crippen molar-refractivity contribution in [1.82, 2.24) is 0 Å². The first-order valence-corrected chi connectivity index (χ1v) is 7.84. The molecule has 0 N–H and O–H groups in total. The van der Waals surface area contributed by atoms with Crippen molar-refractivity contribution in [1.29, 1.82) is 0 Å². The zero-order chi connectivity index (χ0) is 13.6. The molecular weight excluding hydrogens is 238 g/mol. The van der Waals surface area contributed by atoms with Crippen LogP contribution in [-0.2, 0) is 4.46 Å². The minimum Gasteiger partial charge on any atom is -0.328 e. The molecule has 0 bridgehead atoms. The number of hydrogen-bond donors (Lipinski definition) is 0. The molecule has 0 aromatic heterocycles. The minimum absolute atomic E-state index is 0.0125. The molecule has 1 aromatic carbocycles. The van der Waals surface area contributed by atoms with E-state index in [0.29, 0.717) is 4.15 Å². The van der Waals surface area contributed by atoms with Gasteiger partial charge in [-0.15, -0.1) is 0 Å². The van der Waals surface area contributed by atoms with Crippen molar-refractivity contribution in [3.8, 4) is 0 Å². The Bertz CT molecular complexity index is 511. The Morgan fingerprint density at radius 2 is 1.78 bits per heavy atom. The van der Waals surface area contributed by atoms with E-state index in [0.717, 1.165) is 0 Å². The lowest BCUT2D eigenvalue weighted by Gasteiger charge is -2.41. The van der Waals surface area contributed by atoms with Gasteiger partial charge >= 0.3 is 8.84 Å². The molecule has 2 rings (SSSR count). The number of benzene rings is 1. The number of fused-ring (bicyclic) bond motifs is 1. The molecule has 1 aliphatic carbocycles. The van der Waals surface area contributed by atoms with Crippen LogP contribution >= 0.6 is 0 Å². The van der Waals surface area contributed by atoms with Gasteiger partial charge in [-0.05, 0) is 31.9 Å². The fourth-order valence-corrected chi connectivity index (χ4v) is 4.29. The normalized spacial score (nSPS) is 18.8. The molecule has 1 atom stereocenters. The summed E-state index contributed by atoms with van der Waals surface area (Å²) in [6, 6.07) is 8.26. The number of allylic oxidation sites excluding steroid dienone is 1. The first-order valence-electron chi connectivity index (χ1n) is 6.41. The summed E-state index contributed by atoms with van der Waals surface area (Å²) in [6.07, 6.45) is 4.21. The highest BCUT2D eigenvalue weighted by Gasteiger charge is 2.46. The van der Waals surface area contributed by atoms with Gasteiger partial charge in [0.2, 0.25) is 0 Å². The standard InChI is InChI=1S/C15H22NOSi/c1-15(2,3)16(4,5)18(17)14-11-10-12-8-6-7-9-13(12)14/h6-11,14H,1-5H3/q+1/t14-/m0/s1. The van der Waals surface area contributed by atoms with Crippen molar-refractivity contribution in [2.75, 3.05) is 14.1 Å². The van der Waals surface area contributed by atoms with Crippen molar-refractivity contribution in [2.24, 2.45) is 0 Å². The summed E-state index contributed by atoms with van der Waals surface area (Å²) in [7, 11) is 2.35. The van der Waals surface area contributed by atoms with E-state index in [-0.39, 0.29) is 11.1 Å². The Hall–Kier alpha value is -1.06. The van der Waals surface area contributed by atoms with Gasteiger partial charge in [0.25, 0.3) is 0 Å². The topological polar surface area (TPSA) is 17.1 Å². The van der Waals surface area contributed by atoms with E-state index in [1.165, 1.54) is 11.1 Å². The largest absolute Gasteiger partial charge is 0.565 e. The van der Waals surface area contributed by atoms with Gasteiger partial charge in [-0.3, -0.25) is 0 Å². The second-order valence-electron chi connectivity index (χ2n) is 6.43. The molecule has 18 heavy (non-hydrogen) atoms. The highest BCUT2D eigenvalue weighted by molar-refractivity contribution is 6.38. The summed E-state index contributed by atoms with van der Waals surface area (Å²) >= 11 is 0. The molecule has 96 valence electrons. The van der Waals surface area contributed by atoms with Crippen LogP contribution in [-0.4, -0.2) is 32.6 Å². The number of hydrogen-bond acceptors (Lipinski definition) is 1. The summed E-state index contributed by atoms with van der Waals surface area (Å²) in [5.74, 6) is 0. The van der Waals surface area contributed by atoms with Gasteiger partial charge < -0.3 is 8.61 Å². The fourth-order valence-electron chi connectivity index (χ4n) is 2.14. The molecular formula is C15H22NOSi+. The quantitative estimate of drug-likeness (QED) is 0.747. The van der Waals surface area contributed by atoms with Crippen LogP contribution in [0.1, 0.15) is 37.4 Å². The Labute approximate surface area is 111 Å². The van der Waals surface area contributed by atoms with E-state index >= 15 is 0 Å². The van der Waals surface area contributed by atoms with Gasteiger partial charge in [0, 0.05) is 0 Å². The van der Waals surface area contributed by atoms with Crippen molar-refractivity contribution < 1.29 is 8.61 Å². The van der Waals surface area contributed by atoms with Gasteiger partial charge in [0.1, 0.15) is 5.54 Å². The van der Waals surface area contributed by atoms with E-state index in [9.17, 15) is 4.46 Å². The molecule has 1 aliphatic rings. The monoisotopic (exact) mass is 260 g/mol. The maximum absolute atomic E-state index is 13.0. The maximum Gasteiger partial charge on any atom is 0.565 e. The Kier molecular flexibility index (Phi) is 3.15. The van der Waals surface area contributed by atoms with Crippen molar-refractivity contribution in [3.63, 3.8) is 0 Å². The lowest BCUT2D eigenvalue weighted by molar-refractivity contribution is -0.838. The summed E-state index contributed by atoms with van der Waals surface area (Å²) in [5.41, 5.74) is 2.51. The van der Waals surface area contributed by atoms with Crippen molar-refractivity contribution >= 4 is 14.9 Å². The number of quaternary nitrogens is 1. The van der Waals surface area contributed by atoms with Crippen molar-refractivity contribution in [2.45, 2.75) is 31.9 Å². The van der Waals surface area contributed by atoms with E-state index in [4.69, 9.17) is 0 Å². The van der Waals surface area contributed by atoms with Crippen LogP contribution in [0.4, 0.5) is 0 Å². The molecule has 0 saturated heterocycles. The molecule has 0 radical (unpaired) electrons. The summed E-state index contributed by atoms with van der Waals surface area (Å²) in [4.78, 5) is 0. The van der Waals surface area contributed by atoms with Crippen LogP contribution in [0.3, 0.4) is 0 Å². The predicted octanol–water partition coefficient (Wildman–Crippen LogP) is 3.13. The Balaban J connectivity index is 2.36. The zero-order valence-corrected chi connectivity index (χ0v) is 12.9. The smallest absolute Gasteiger partial charge is 0.328 e. The molecule has 0 unspecified atom stereocenters. The third-order valence-corrected chi connectivity index (χ3v) is 7.10. The van der Waals surface area contributed by atoms with Crippen LogP contribution in [0.25, 0.3) is 6.08 Å². The van der Waals surface area contributed by atoms with Crippen LogP contribution in [0.2, 0.25) is 0 Å². The predicted molar refractivity (Wildman–Crippen MR) is 76.5 cm³/mol. The molecule has 0 heterocycles. The van der Waals surface area contributed by atoms with E-state index in [1.807, 2.05) is 12.1 Å². The highest BCUT2D eigenvalue weighted by atomic mass is 28.3. The molecule has 0 spiro atoms. The number of nitrogens with zero attached hydrogens (tertiary/aromatic N) is 1. The lowest BCUT2D eigenvalue weighted by Crippen LogP contribution is -2.60. The van der Waals surface area contributed by atoms with Crippen LogP contribution in [0.5, 0.6) is 0 Å². The Morgan fingerprint density at radius 1 is 1.17 bits per heavy atom.